The van der Waals surface area contributed by atoms with E-state index in [1.165, 1.54) is 12.8 Å². The zero-order valence-electron chi connectivity index (χ0n) is 14.6. The van der Waals surface area contributed by atoms with Gasteiger partial charge in [0.2, 0.25) is 0 Å². The molecule has 1 aromatic rings. The average Bonchev–Trinajstić information content (AvgIpc) is 2.56. The Bertz CT molecular complexity index is 556. The molecule has 1 aromatic carbocycles. The van der Waals surface area contributed by atoms with Gasteiger partial charge in [-0.3, -0.25) is 0 Å². The molecule has 0 N–H and O–H groups in total. The molecule has 0 aliphatic rings. The lowest BCUT2D eigenvalue weighted by molar-refractivity contribution is 0.156. The lowest BCUT2D eigenvalue weighted by Gasteiger charge is -2.19. The van der Waals surface area contributed by atoms with Crippen LogP contribution in [0.2, 0.25) is 0 Å². The molecule has 0 fully saturated rings. The van der Waals surface area contributed by atoms with Gasteiger partial charge in [-0.05, 0) is 38.7 Å². The van der Waals surface area contributed by atoms with Crippen LogP contribution in [0.1, 0.15) is 52.0 Å². The molecule has 0 radical (unpaired) electrons. The topological polar surface area (TPSA) is 29.5 Å². The van der Waals surface area contributed by atoms with Crippen LogP contribution in [0.5, 0.6) is 5.75 Å². The molecule has 0 aromatic heterocycles. The Morgan fingerprint density at radius 3 is 2.57 bits per heavy atom. The maximum absolute atomic E-state index is 12.1. The van der Waals surface area contributed by atoms with E-state index < -0.39 is 0 Å². The van der Waals surface area contributed by atoms with Crippen molar-refractivity contribution in [1.82, 2.24) is 4.90 Å². The lowest BCUT2D eigenvalue weighted by Crippen LogP contribution is -2.33. The summed E-state index contributed by atoms with van der Waals surface area (Å²) in [6.45, 7) is 7.35. The van der Waals surface area contributed by atoms with E-state index in [9.17, 15) is 4.79 Å². The zero-order valence-corrected chi connectivity index (χ0v) is 15.5. The minimum Gasteiger partial charge on any atom is -0.409 e. The van der Waals surface area contributed by atoms with E-state index in [4.69, 9.17) is 4.74 Å². The average molecular weight is 333 g/mol. The molecule has 4 heteroatoms. The number of carbonyl (C=O) groups is 1. The van der Waals surface area contributed by atoms with Gasteiger partial charge in [-0.15, -0.1) is 11.8 Å². The molecule has 0 spiro atoms. The van der Waals surface area contributed by atoms with E-state index in [0.29, 0.717) is 18.8 Å². The summed E-state index contributed by atoms with van der Waals surface area (Å²) in [6.07, 6.45) is 6.13. The monoisotopic (exact) mass is 333 g/mol. The Morgan fingerprint density at radius 2 is 1.96 bits per heavy atom. The van der Waals surface area contributed by atoms with Crippen LogP contribution < -0.4 is 4.74 Å². The molecule has 0 heterocycles. The molecular weight excluding hydrogens is 306 g/mol. The third-order valence-corrected chi connectivity index (χ3v) is 4.36. The number of hydrogen-bond donors (Lipinski definition) is 0. The highest BCUT2D eigenvalue weighted by Gasteiger charge is 2.15. The van der Waals surface area contributed by atoms with Gasteiger partial charge in [0.15, 0.2) is 0 Å². The third-order valence-electron chi connectivity index (χ3n) is 3.53. The molecule has 0 aliphatic heterocycles. The van der Waals surface area contributed by atoms with Crippen molar-refractivity contribution in [2.45, 2.75) is 51.3 Å². The largest absolute Gasteiger partial charge is 0.415 e. The van der Waals surface area contributed by atoms with Crippen molar-refractivity contribution in [3.63, 3.8) is 0 Å². The zero-order chi connectivity index (χ0) is 17.1. The summed E-state index contributed by atoms with van der Waals surface area (Å²) >= 11 is 1.56. The number of hydrogen-bond acceptors (Lipinski definition) is 3. The molecule has 1 rings (SSSR count). The smallest absolute Gasteiger partial charge is 0.409 e. The highest BCUT2D eigenvalue weighted by atomic mass is 32.2. The molecule has 1 amide bonds. The minimum atomic E-state index is -0.307. The summed E-state index contributed by atoms with van der Waals surface area (Å²) in [5, 5.41) is 0. The highest BCUT2D eigenvalue weighted by molar-refractivity contribution is 7.98. The Labute approximate surface area is 144 Å². The summed E-state index contributed by atoms with van der Waals surface area (Å²) < 4.78 is 5.56. The van der Waals surface area contributed by atoms with Crippen molar-refractivity contribution in [2.75, 3.05) is 19.3 Å². The van der Waals surface area contributed by atoms with Gasteiger partial charge in [-0.2, -0.15) is 0 Å². The van der Waals surface area contributed by atoms with Crippen LogP contribution in [0.4, 0.5) is 4.79 Å². The standard InChI is InChI=1S/C19H27NO2S/c1-5-8-9-10-11-13-16-14-12-15-17(18(16)23-4)22-19(21)20(6-2)7-3/h12,14-15H,5-10H2,1-4H3. The maximum atomic E-state index is 12.1. The normalized spacial score (nSPS) is 9.91. The van der Waals surface area contributed by atoms with Crippen LogP contribution in [0.25, 0.3) is 0 Å². The molecule has 0 unspecified atom stereocenters. The Kier molecular flexibility index (Phi) is 9.31. The van der Waals surface area contributed by atoms with Crippen LogP contribution in [0.3, 0.4) is 0 Å². The number of carbonyl (C=O) groups excluding carboxylic acids is 1. The quantitative estimate of drug-likeness (QED) is 0.391. The predicted octanol–water partition coefficient (Wildman–Crippen LogP) is 5.18. The Hall–Kier alpha value is -1.60. The number of amides is 1. The van der Waals surface area contributed by atoms with Crippen LogP contribution in [-0.4, -0.2) is 30.3 Å². The molecule has 3 nitrogen and oxygen atoms in total. The molecule has 0 atom stereocenters. The summed E-state index contributed by atoms with van der Waals surface area (Å²) in [5.41, 5.74) is 0.929. The summed E-state index contributed by atoms with van der Waals surface area (Å²) in [4.78, 5) is 14.7. The van der Waals surface area contributed by atoms with Gasteiger partial charge >= 0.3 is 6.09 Å². The number of thioether (sulfide) groups is 1. The number of unbranched alkanes of at least 4 members (excludes halogenated alkanes) is 3. The molecule has 23 heavy (non-hydrogen) atoms. The first-order valence-electron chi connectivity index (χ1n) is 8.30. The second-order valence-corrected chi connectivity index (χ2v) is 5.95. The first kappa shape index (κ1) is 19.4. The summed E-state index contributed by atoms with van der Waals surface area (Å²) in [5.74, 6) is 7.03. The van der Waals surface area contributed by atoms with Crippen LogP contribution >= 0.6 is 11.8 Å². The van der Waals surface area contributed by atoms with Gasteiger partial charge in [0, 0.05) is 25.1 Å². The van der Waals surface area contributed by atoms with Crippen LogP contribution in [0.15, 0.2) is 23.1 Å². The molecule has 0 saturated heterocycles. The van der Waals surface area contributed by atoms with Crippen molar-refractivity contribution in [1.29, 1.82) is 0 Å². The molecule has 0 bridgehead atoms. The highest BCUT2D eigenvalue weighted by Crippen LogP contribution is 2.31. The number of benzene rings is 1. The van der Waals surface area contributed by atoms with Crippen molar-refractivity contribution in [3.8, 4) is 17.6 Å². The fraction of sp³-hybridized carbons (Fsp3) is 0.526. The van der Waals surface area contributed by atoms with Crippen LogP contribution in [-0.2, 0) is 0 Å². The Balaban J connectivity index is 2.89. The van der Waals surface area contributed by atoms with Gasteiger partial charge in [-0.1, -0.05) is 37.7 Å². The van der Waals surface area contributed by atoms with Gasteiger partial charge < -0.3 is 9.64 Å². The van der Waals surface area contributed by atoms with Crippen molar-refractivity contribution < 1.29 is 9.53 Å². The minimum absolute atomic E-state index is 0.307. The van der Waals surface area contributed by atoms with Gasteiger partial charge in [0.05, 0.1) is 4.90 Å². The molecule has 126 valence electrons. The fourth-order valence-corrected chi connectivity index (χ4v) is 2.82. The fourth-order valence-electron chi connectivity index (χ4n) is 2.17. The summed E-state index contributed by atoms with van der Waals surface area (Å²) in [7, 11) is 0. The third kappa shape index (κ3) is 6.19. The lowest BCUT2D eigenvalue weighted by atomic mass is 10.2. The van der Waals surface area contributed by atoms with E-state index in [1.807, 2.05) is 38.3 Å². The van der Waals surface area contributed by atoms with E-state index in [-0.39, 0.29) is 6.09 Å². The van der Waals surface area contributed by atoms with E-state index in [1.54, 1.807) is 16.7 Å². The van der Waals surface area contributed by atoms with E-state index in [0.717, 1.165) is 23.3 Å². The molecule has 0 aliphatic carbocycles. The second kappa shape index (κ2) is 11.0. The van der Waals surface area contributed by atoms with E-state index >= 15 is 0 Å². The van der Waals surface area contributed by atoms with Gasteiger partial charge in [0.1, 0.15) is 5.75 Å². The van der Waals surface area contributed by atoms with Crippen LogP contribution in [0, 0.1) is 11.8 Å². The maximum Gasteiger partial charge on any atom is 0.415 e. The van der Waals surface area contributed by atoms with Gasteiger partial charge in [0.25, 0.3) is 0 Å². The Morgan fingerprint density at radius 1 is 1.22 bits per heavy atom. The number of nitrogens with zero attached hydrogens (tertiary/aromatic N) is 1. The van der Waals surface area contributed by atoms with Crippen molar-refractivity contribution in [2.24, 2.45) is 0 Å². The first-order valence-corrected chi connectivity index (χ1v) is 9.52. The van der Waals surface area contributed by atoms with E-state index in [2.05, 4.69) is 18.8 Å². The second-order valence-electron chi connectivity index (χ2n) is 5.14. The van der Waals surface area contributed by atoms with Crippen molar-refractivity contribution in [3.05, 3.63) is 23.8 Å². The molecular formula is C19H27NO2S. The molecule has 0 saturated carbocycles. The SMILES string of the molecule is CCCCCC#Cc1cccc(OC(=O)N(CC)CC)c1SC. The number of ether oxygens (including phenoxy) is 1. The van der Waals surface area contributed by atoms with Crippen molar-refractivity contribution >= 4 is 17.9 Å². The van der Waals surface area contributed by atoms with Gasteiger partial charge in [-0.25, -0.2) is 4.79 Å². The summed E-state index contributed by atoms with van der Waals surface area (Å²) in [6, 6.07) is 5.70. The number of rotatable bonds is 7. The predicted molar refractivity (Wildman–Crippen MR) is 98.2 cm³/mol. The first-order chi connectivity index (χ1) is 11.2.